The number of carbonyl (C=O) groups is 2. The fourth-order valence-electron chi connectivity index (χ4n) is 3.42. The normalized spacial score (nSPS) is 13.7. The van der Waals surface area contributed by atoms with Crippen molar-refractivity contribution in [1.82, 2.24) is 10.2 Å². The van der Waals surface area contributed by atoms with E-state index >= 15 is 0 Å². The van der Waals surface area contributed by atoms with Crippen LogP contribution in [-0.2, 0) is 4.79 Å². The molecule has 1 fully saturated rings. The van der Waals surface area contributed by atoms with Gasteiger partial charge in [0.25, 0.3) is 5.91 Å². The molecule has 2 aromatic rings. The molecular formula is C22H25ClN4O2S. The van der Waals surface area contributed by atoms with E-state index in [1.54, 1.807) is 12.1 Å². The van der Waals surface area contributed by atoms with E-state index in [0.717, 1.165) is 24.3 Å². The third-order valence-corrected chi connectivity index (χ3v) is 5.60. The molecule has 158 valence electrons. The molecule has 6 nitrogen and oxygen atoms in total. The lowest BCUT2D eigenvalue weighted by Crippen LogP contribution is -2.48. The molecule has 1 aliphatic rings. The van der Waals surface area contributed by atoms with E-state index in [4.69, 9.17) is 23.8 Å². The number of aryl methyl sites for hydroxylation is 1. The SMILES string of the molecule is CCC(=O)N1CCN(c2ccc(NC(=S)NC(=O)c3ccccc3C)cc2Cl)CC1. The first-order chi connectivity index (χ1) is 14.4. The van der Waals surface area contributed by atoms with Gasteiger partial charge in [-0.2, -0.15) is 0 Å². The maximum atomic E-state index is 12.4. The molecule has 0 saturated carbocycles. The highest BCUT2D eigenvalue weighted by Crippen LogP contribution is 2.29. The van der Waals surface area contributed by atoms with Crippen molar-refractivity contribution in [2.24, 2.45) is 0 Å². The number of rotatable bonds is 4. The number of piperazine rings is 1. The summed E-state index contributed by atoms with van der Waals surface area (Å²) in [6.07, 6.45) is 0.529. The average Bonchev–Trinajstić information content (AvgIpc) is 2.73. The lowest BCUT2D eigenvalue weighted by molar-refractivity contribution is -0.131. The van der Waals surface area contributed by atoms with Gasteiger partial charge in [0.05, 0.1) is 10.7 Å². The number of carbonyl (C=O) groups excluding carboxylic acids is 2. The van der Waals surface area contributed by atoms with Gasteiger partial charge < -0.3 is 15.1 Å². The number of hydrogen-bond acceptors (Lipinski definition) is 4. The summed E-state index contributed by atoms with van der Waals surface area (Å²) in [5, 5.41) is 6.49. The quantitative estimate of drug-likeness (QED) is 0.701. The van der Waals surface area contributed by atoms with E-state index in [-0.39, 0.29) is 16.9 Å². The second kappa shape index (κ2) is 9.91. The minimum Gasteiger partial charge on any atom is -0.367 e. The van der Waals surface area contributed by atoms with Crippen LogP contribution in [0.3, 0.4) is 0 Å². The summed E-state index contributed by atoms with van der Waals surface area (Å²) in [7, 11) is 0. The van der Waals surface area contributed by atoms with Gasteiger partial charge in [-0.25, -0.2) is 0 Å². The van der Waals surface area contributed by atoms with Crippen molar-refractivity contribution in [2.75, 3.05) is 36.4 Å². The van der Waals surface area contributed by atoms with Gasteiger partial charge in [-0.15, -0.1) is 0 Å². The Morgan fingerprint density at radius 1 is 1.10 bits per heavy atom. The highest BCUT2D eigenvalue weighted by atomic mass is 35.5. The Kier molecular flexibility index (Phi) is 7.29. The topological polar surface area (TPSA) is 64.7 Å². The molecule has 2 amide bonds. The number of nitrogens with zero attached hydrogens (tertiary/aromatic N) is 2. The molecule has 30 heavy (non-hydrogen) atoms. The van der Waals surface area contributed by atoms with Gasteiger partial charge >= 0.3 is 0 Å². The van der Waals surface area contributed by atoms with E-state index < -0.39 is 0 Å². The summed E-state index contributed by atoms with van der Waals surface area (Å²) < 4.78 is 0. The molecule has 0 spiro atoms. The minimum atomic E-state index is -0.257. The maximum Gasteiger partial charge on any atom is 0.257 e. The van der Waals surface area contributed by atoms with Gasteiger partial charge in [-0.05, 0) is 49.0 Å². The van der Waals surface area contributed by atoms with Crippen molar-refractivity contribution in [2.45, 2.75) is 20.3 Å². The van der Waals surface area contributed by atoms with Crippen LogP contribution in [0.15, 0.2) is 42.5 Å². The van der Waals surface area contributed by atoms with Crippen LogP contribution >= 0.6 is 23.8 Å². The van der Waals surface area contributed by atoms with Gasteiger partial charge in [0, 0.05) is 43.9 Å². The van der Waals surface area contributed by atoms with E-state index in [1.807, 2.05) is 49.1 Å². The van der Waals surface area contributed by atoms with Crippen molar-refractivity contribution in [3.8, 4) is 0 Å². The monoisotopic (exact) mass is 444 g/mol. The second-order valence-corrected chi connectivity index (χ2v) is 7.93. The van der Waals surface area contributed by atoms with Crippen LogP contribution in [0.25, 0.3) is 0 Å². The third-order valence-electron chi connectivity index (χ3n) is 5.10. The molecular weight excluding hydrogens is 420 g/mol. The van der Waals surface area contributed by atoms with Crippen molar-refractivity contribution < 1.29 is 9.59 Å². The van der Waals surface area contributed by atoms with Gasteiger partial charge in [0.1, 0.15) is 0 Å². The number of thiocarbonyl (C=S) groups is 1. The second-order valence-electron chi connectivity index (χ2n) is 7.11. The smallest absolute Gasteiger partial charge is 0.257 e. The summed E-state index contributed by atoms with van der Waals surface area (Å²) in [5.74, 6) is -0.0747. The van der Waals surface area contributed by atoms with Gasteiger partial charge in [-0.1, -0.05) is 36.7 Å². The molecule has 0 unspecified atom stereocenters. The number of hydrogen-bond donors (Lipinski definition) is 2. The standard InChI is InChI=1S/C22H25ClN4O2S/c1-3-20(28)27-12-10-26(11-13-27)19-9-8-16(14-18(19)23)24-22(30)25-21(29)17-7-5-4-6-15(17)2/h4-9,14H,3,10-13H2,1-2H3,(H2,24,25,29,30). The lowest BCUT2D eigenvalue weighted by Gasteiger charge is -2.36. The van der Waals surface area contributed by atoms with Crippen LogP contribution < -0.4 is 15.5 Å². The summed E-state index contributed by atoms with van der Waals surface area (Å²) in [6, 6.07) is 12.9. The Labute approximate surface area is 187 Å². The van der Waals surface area contributed by atoms with Gasteiger partial charge in [0.15, 0.2) is 5.11 Å². The highest BCUT2D eigenvalue weighted by Gasteiger charge is 2.21. The summed E-state index contributed by atoms with van der Waals surface area (Å²) in [5.41, 5.74) is 3.07. The first-order valence-corrected chi connectivity index (χ1v) is 10.7. The van der Waals surface area contributed by atoms with Crippen molar-refractivity contribution in [3.63, 3.8) is 0 Å². The predicted octanol–water partition coefficient (Wildman–Crippen LogP) is 3.83. The zero-order valence-corrected chi connectivity index (χ0v) is 18.6. The summed E-state index contributed by atoms with van der Waals surface area (Å²) in [6.45, 7) is 6.62. The Hall–Kier alpha value is -2.64. The van der Waals surface area contributed by atoms with Gasteiger partial charge in [0.2, 0.25) is 5.91 Å². The predicted molar refractivity (Wildman–Crippen MR) is 125 cm³/mol. The third kappa shape index (κ3) is 5.29. The fraction of sp³-hybridized carbons (Fsp3) is 0.318. The summed E-state index contributed by atoms with van der Waals surface area (Å²) >= 11 is 11.8. The van der Waals surface area contributed by atoms with Crippen LogP contribution in [0.1, 0.15) is 29.3 Å². The fourth-order valence-corrected chi connectivity index (χ4v) is 3.93. The van der Waals surface area contributed by atoms with Crippen molar-refractivity contribution in [3.05, 3.63) is 58.6 Å². The molecule has 0 bridgehead atoms. The zero-order chi connectivity index (χ0) is 21.7. The number of benzene rings is 2. The molecule has 0 aromatic heterocycles. The largest absolute Gasteiger partial charge is 0.367 e. The van der Waals surface area contributed by atoms with Crippen LogP contribution in [-0.4, -0.2) is 48.0 Å². The van der Waals surface area contributed by atoms with Crippen molar-refractivity contribution >= 4 is 52.1 Å². The maximum absolute atomic E-state index is 12.4. The van der Waals surface area contributed by atoms with Crippen LogP contribution in [0.4, 0.5) is 11.4 Å². The molecule has 3 rings (SSSR count). The van der Waals surface area contributed by atoms with Crippen molar-refractivity contribution in [1.29, 1.82) is 0 Å². The molecule has 2 N–H and O–H groups in total. The molecule has 0 radical (unpaired) electrons. The van der Waals surface area contributed by atoms with Crippen LogP contribution in [0.5, 0.6) is 0 Å². The molecule has 8 heteroatoms. The average molecular weight is 445 g/mol. The Balaban J connectivity index is 1.59. The highest BCUT2D eigenvalue weighted by molar-refractivity contribution is 7.80. The first-order valence-electron chi connectivity index (χ1n) is 9.89. The van der Waals surface area contributed by atoms with E-state index in [0.29, 0.717) is 35.8 Å². The summed E-state index contributed by atoms with van der Waals surface area (Å²) in [4.78, 5) is 28.3. The van der Waals surface area contributed by atoms with E-state index in [9.17, 15) is 9.59 Å². The zero-order valence-electron chi connectivity index (χ0n) is 17.1. The Morgan fingerprint density at radius 2 is 1.80 bits per heavy atom. The molecule has 2 aromatic carbocycles. The minimum absolute atomic E-state index is 0.182. The van der Waals surface area contributed by atoms with E-state index in [2.05, 4.69) is 15.5 Å². The number of halogens is 1. The number of amides is 2. The van der Waals surface area contributed by atoms with Crippen LogP contribution in [0.2, 0.25) is 5.02 Å². The number of anilines is 2. The van der Waals surface area contributed by atoms with E-state index in [1.165, 1.54) is 0 Å². The number of nitrogens with one attached hydrogen (secondary N) is 2. The Morgan fingerprint density at radius 3 is 2.43 bits per heavy atom. The molecule has 0 atom stereocenters. The molecule has 1 saturated heterocycles. The van der Waals surface area contributed by atoms with Gasteiger partial charge in [-0.3, -0.25) is 14.9 Å². The van der Waals surface area contributed by atoms with Crippen LogP contribution in [0, 0.1) is 6.92 Å². The lowest BCUT2D eigenvalue weighted by atomic mass is 10.1. The molecule has 1 heterocycles. The molecule has 0 aliphatic carbocycles. The Bertz CT molecular complexity index is 958. The first kappa shape index (κ1) is 22.1. The molecule has 1 aliphatic heterocycles.